The summed E-state index contributed by atoms with van der Waals surface area (Å²) < 4.78 is 0. The zero-order chi connectivity index (χ0) is 18.8. The highest BCUT2D eigenvalue weighted by atomic mass is 32.1. The van der Waals surface area contributed by atoms with Gasteiger partial charge >= 0.3 is 0 Å². The average Bonchev–Trinajstić information content (AvgIpc) is 3.18. The van der Waals surface area contributed by atoms with Crippen LogP contribution in [0.1, 0.15) is 41.8 Å². The first-order valence-electron chi connectivity index (χ1n) is 9.61. The van der Waals surface area contributed by atoms with Crippen molar-refractivity contribution in [3.05, 3.63) is 46.7 Å². The van der Waals surface area contributed by atoms with Crippen molar-refractivity contribution in [3.63, 3.8) is 0 Å². The van der Waals surface area contributed by atoms with Crippen LogP contribution in [0, 0.1) is 17.8 Å². The smallest absolute Gasteiger partial charge is 0.265 e. The molecule has 0 spiro atoms. The summed E-state index contributed by atoms with van der Waals surface area (Å²) in [5, 5.41) is 7.77. The summed E-state index contributed by atoms with van der Waals surface area (Å²) in [6.45, 7) is 0. The molecule has 5 nitrogen and oxygen atoms in total. The lowest BCUT2D eigenvalue weighted by atomic mass is 9.65. The van der Waals surface area contributed by atoms with E-state index in [0.29, 0.717) is 22.4 Å². The van der Waals surface area contributed by atoms with Gasteiger partial charge in [0.15, 0.2) is 0 Å². The van der Waals surface area contributed by atoms with Crippen LogP contribution in [0.25, 0.3) is 0 Å². The van der Waals surface area contributed by atoms with Gasteiger partial charge in [-0.3, -0.25) is 9.59 Å². The molecule has 27 heavy (non-hydrogen) atoms. The lowest BCUT2D eigenvalue weighted by molar-refractivity contribution is -0.122. The van der Waals surface area contributed by atoms with Gasteiger partial charge in [-0.25, -0.2) is 0 Å². The predicted octanol–water partition coefficient (Wildman–Crippen LogP) is 4.09. The molecule has 1 aromatic heterocycles. The summed E-state index contributed by atoms with van der Waals surface area (Å²) in [4.78, 5) is 25.5. The molecule has 2 bridgehead atoms. The first-order valence-corrected chi connectivity index (χ1v) is 10.5. The zero-order valence-electron chi connectivity index (χ0n) is 15.2. The van der Waals surface area contributed by atoms with Crippen LogP contribution in [0.2, 0.25) is 0 Å². The third-order valence-corrected chi connectivity index (χ3v) is 6.81. The Morgan fingerprint density at radius 1 is 0.963 bits per heavy atom. The van der Waals surface area contributed by atoms with E-state index in [4.69, 9.17) is 5.73 Å². The Hall–Kier alpha value is -2.18. The molecule has 2 saturated carbocycles. The molecule has 2 aromatic rings. The minimum Gasteiger partial charge on any atom is -0.327 e. The summed E-state index contributed by atoms with van der Waals surface area (Å²) in [7, 11) is 0. The number of carbonyl (C=O) groups excluding carboxylic acids is 2. The van der Waals surface area contributed by atoms with Crippen molar-refractivity contribution in [3.8, 4) is 0 Å². The average molecular weight is 384 g/mol. The van der Waals surface area contributed by atoms with Gasteiger partial charge in [-0.1, -0.05) is 12.5 Å². The van der Waals surface area contributed by atoms with Crippen molar-refractivity contribution in [2.24, 2.45) is 23.5 Å². The number of anilines is 2. The van der Waals surface area contributed by atoms with Gasteiger partial charge in [-0.05, 0) is 73.2 Å². The highest BCUT2D eigenvalue weighted by molar-refractivity contribution is 7.12. The van der Waals surface area contributed by atoms with Crippen molar-refractivity contribution < 1.29 is 9.59 Å². The van der Waals surface area contributed by atoms with E-state index in [1.54, 1.807) is 6.07 Å². The van der Waals surface area contributed by atoms with Crippen molar-refractivity contribution >= 4 is 34.5 Å². The Kier molecular flexibility index (Phi) is 5.27. The molecule has 2 aliphatic rings. The normalized spacial score (nSPS) is 27.0. The predicted molar refractivity (Wildman–Crippen MR) is 109 cm³/mol. The van der Waals surface area contributed by atoms with E-state index in [2.05, 4.69) is 10.6 Å². The van der Waals surface area contributed by atoms with Crippen LogP contribution >= 0.6 is 11.3 Å². The van der Waals surface area contributed by atoms with E-state index < -0.39 is 0 Å². The number of hydrogen-bond acceptors (Lipinski definition) is 4. The number of rotatable bonds is 4. The molecule has 2 atom stereocenters. The SMILES string of the molecule is NC1C2CCCC1CC(C(=O)Nc1ccc(NC(=O)c3cccs3)cc1)C2. The molecule has 0 saturated heterocycles. The maximum absolute atomic E-state index is 12.7. The van der Waals surface area contributed by atoms with Gasteiger partial charge < -0.3 is 16.4 Å². The summed E-state index contributed by atoms with van der Waals surface area (Å²) in [5.74, 6) is 1.01. The van der Waals surface area contributed by atoms with E-state index in [9.17, 15) is 9.59 Å². The third kappa shape index (κ3) is 4.06. The highest BCUT2D eigenvalue weighted by Crippen LogP contribution is 2.42. The molecule has 2 unspecified atom stereocenters. The minimum absolute atomic E-state index is 0.0540. The van der Waals surface area contributed by atoms with Gasteiger partial charge in [0, 0.05) is 23.3 Å². The van der Waals surface area contributed by atoms with E-state index >= 15 is 0 Å². The van der Waals surface area contributed by atoms with Crippen molar-refractivity contribution in [1.29, 1.82) is 0 Å². The molecule has 0 aliphatic heterocycles. The number of fused-ring (bicyclic) bond motifs is 2. The standard InChI is InChI=1S/C21H25N3O2S/c22-19-13-3-1-4-14(19)12-15(11-13)20(25)23-16-6-8-17(9-7-16)24-21(26)18-5-2-10-27-18/h2,5-10,13-15,19H,1,3-4,11-12,22H2,(H,23,25)(H,24,26). The third-order valence-electron chi connectivity index (χ3n) is 5.94. The fraction of sp³-hybridized carbons (Fsp3) is 0.429. The minimum atomic E-state index is -0.119. The van der Waals surface area contributed by atoms with Gasteiger partial charge in [0.2, 0.25) is 5.91 Å². The Balaban J connectivity index is 1.34. The fourth-order valence-corrected chi connectivity index (χ4v) is 5.10. The van der Waals surface area contributed by atoms with Crippen LogP contribution in [0.5, 0.6) is 0 Å². The van der Waals surface area contributed by atoms with Crippen LogP contribution in [-0.4, -0.2) is 17.9 Å². The molecule has 2 amide bonds. The van der Waals surface area contributed by atoms with Gasteiger partial charge in [0.05, 0.1) is 4.88 Å². The van der Waals surface area contributed by atoms with E-state index in [-0.39, 0.29) is 23.8 Å². The monoisotopic (exact) mass is 383 g/mol. The number of amides is 2. The topological polar surface area (TPSA) is 84.2 Å². The number of carbonyl (C=O) groups is 2. The number of benzene rings is 1. The van der Waals surface area contributed by atoms with Gasteiger partial charge in [-0.15, -0.1) is 11.3 Å². The molecular weight excluding hydrogens is 358 g/mol. The first-order chi connectivity index (χ1) is 13.1. The summed E-state index contributed by atoms with van der Waals surface area (Å²) in [6, 6.07) is 11.2. The number of nitrogens with one attached hydrogen (secondary N) is 2. The number of thiophene rings is 1. The molecule has 2 fully saturated rings. The van der Waals surface area contributed by atoms with Crippen molar-refractivity contribution in [1.82, 2.24) is 0 Å². The Bertz CT molecular complexity index is 789. The molecule has 142 valence electrons. The molecule has 1 aromatic carbocycles. The van der Waals surface area contributed by atoms with Gasteiger partial charge in [-0.2, -0.15) is 0 Å². The Labute approximate surface area is 163 Å². The van der Waals surface area contributed by atoms with Crippen LogP contribution in [-0.2, 0) is 4.79 Å². The first kappa shape index (κ1) is 18.2. The lowest BCUT2D eigenvalue weighted by Gasteiger charge is -2.43. The fourth-order valence-electron chi connectivity index (χ4n) is 4.48. The van der Waals surface area contributed by atoms with Gasteiger partial charge in [0.25, 0.3) is 5.91 Å². The van der Waals surface area contributed by atoms with Crippen molar-refractivity contribution in [2.75, 3.05) is 10.6 Å². The van der Waals surface area contributed by atoms with Crippen LogP contribution in [0.15, 0.2) is 41.8 Å². The van der Waals surface area contributed by atoms with Gasteiger partial charge in [0.1, 0.15) is 0 Å². The largest absolute Gasteiger partial charge is 0.327 e. The quantitative estimate of drug-likeness (QED) is 0.743. The Morgan fingerprint density at radius 2 is 1.59 bits per heavy atom. The van der Waals surface area contributed by atoms with Crippen LogP contribution in [0.4, 0.5) is 11.4 Å². The highest BCUT2D eigenvalue weighted by Gasteiger charge is 2.40. The molecule has 1 heterocycles. The zero-order valence-corrected chi connectivity index (χ0v) is 16.0. The van der Waals surface area contributed by atoms with Crippen LogP contribution < -0.4 is 16.4 Å². The maximum atomic E-state index is 12.7. The maximum Gasteiger partial charge on any atom is 0.265 e. The lowest BCUT2D eigenvalue weighted by Crippen LogP contribution is -2.48. The van der Waals surface area contributed by atoms with E-state index in [0.717, 1.165) is 31.4 Å². The van der Waals surface area contributed by atoms with Crippen LogP contribution in [0.3, 0.4) is 0 Å². The second-order valence-electron chi connectivity index (χ2n) is 7.69. The molecule has 0 radical (unpaired) electrons. The Morgan fingerprint density at radius 3 is 2.19 bits per heavy atom. The number of nitrogens with two attached hydrogens (primary N) is 1. The molecular formula is C21H25N3O2S. The van der Waals surface area contributed by atoms with Crippen molar-refractivity contribution in [2.45, 2.75) is 38.1 Å². The number of hydrogen-bond donors (Lipinski definition) is 3. The summed E-state index contributed by atoms with van der Waals surface area (Å²) >= 11 is 1.41. The molecule has 4 rings (SSSR count). The summed E-state index contributed by atoms with van der Waals surface area (Å²) in [6.07, 6.45) is 5.35. The second-order valence-corrected chi connectivity index (χ2v) is 8.64. The van der Waals surface area contributed by atoms with E-state index in [1.807, 2.05) is 35.7 Å². The molecule has 2 aliphatic carbocycles. The van der Waals surface area contributed by atoms with E-state index in [1.165, 1.54) is 17.8 Å². The summed E-state index contributed by atoms with van der Waals surface area (Å²) in [5.41, 5.74) is 7.80. The molecule has 6 heteroatoms. The molecule has 4 N–H and O–H groups in total. The second kappa shape index (κ2) is 7.82.